The van der Waals surface area contributed by atoms with E-state index in [4.69, 9.17) is 18.5 Å². The van der Waals surface area contributed by atoms with Crippen LogP contribution in [-0.2, 0) is 37.5 Å². The number of phosphoric acid groups is 1. The average molecular weight is 904 g/mol. The third-order valence-corrected chi connectivity index (χ3v) is 11.2. The number of nitrogens with zero attached hydrogens (tertiary/aromatic N) is 1. The van der Waals surface area contributed by atoms with Crippen LogP contribution in [0.25, 0.3) is 0 Å². The maximum Gasteiger partial charge on any atom is 0.306 e. The Hall–Kier alpha value is -3.22. The molecule has 1 unspecified atom stereocenters. The third kappa shape index (κ3) is 33.0. The van der Waals surface area contributed by atoms with Gasteiger partial charge in [-0.15, -0.1) is 0 Å². The van der Waals surface area contributed by atoms with E-state index in [0.29, 0.717) is 43.1 Å². The van der Waals surface area contributed by atoms with Crippen LogP contribution in [0.3, 0.4) is 0 Å². The summed E-state index contributed by atoms with van der Waals surface area (Å²) in [6, 6.07) is 0. The van der Waals surface area contributed by atoms with E-state index < -0.39 is 44.7 Å². The molecule has 63 heavy (non-hydrogen) atoms. The smallest absolute Gasteiger partial charge is 0.306 e. The molecule has 0 amide bonds. The number of Topliss-reactive ketones (excluding diaryl/α,β-unsaturated/α-hetero) is 1. The van der Waals surface area contributed by atoms with Gasteiger partial charge in [0.2, 0.25) is 0 Å². The van der Waals surface area contributed by atoms with E-state index >= 15 is 0 Å². The van der Waals surface area contributed by atoms with Crippen molar-refractivity contribution in [2.24, 2.45) is 11.8 Å². The fourth-order valence-corrected chi connectivity index (χ4v) is 7.27. The fraction of sp³-hybridized carbons (Fsp3) is 0.660. The molecule has 0 saturated heterocycles. The highest BCUT2D eigenvalue weighted by molar-refractivity contribution is 7.45. The summed E-state index contributed by atoms with van der Waals surface area (Å²) in [4.78, 5) is 50.4. The molecule has 1 aliphatic carbocycles. The number of esters is 2. The zero-order chi connectivity index (χ0) is 46.6. The third-order valence-electron chi connectivity index (χ3n) is 10.3. The van der Waals surface area contributed by atoms with Crippen LogP contribution in [0.4, 0.5) is 0 Å². The number of hydrogen-bond acceptors (Lipinski definition) is 11. The Morgan fingerprint density at radius 1 is 0.778 bits per heavy atom. The Bertz CT molecular complexity index is 1510. The van der Waals surface area contributed by atoms with Crippen molar-refractivity contribution in [1.82, 2.24) is 0 Å². The van der Waals surface area contributed by atoms with Gasteiger partial charge in [0.05, 0.1) is 40.0 Å². The molecule has 358 valence electrons. The Kier molecular flexibility index (Phi) is 33.1. The van der Waals surface area contributed by atoms with Gasteiger partial charge in [0.25, 0.3) is 7.82 Å². The predicted molar refractivity (Wildman–Crippen MR) is 250 cm³/mol. The molecule has 0 aromatic carbocycles. The fourth-order valence-electron chi connectivity index (χ4n) is 6.54. The number of likely N-dealkylation sites (N-methyl/N-ethyl adjacent to an activating group) is 1. The van der Waals surface area contributed by atoms with Crippen molar-refractivity contribution in [1.29, 1.82) is 0 Å². The molecule has 0 heterocycles. The lowest BCUT2D eigenvalue weighted by Gasteiger charge is -2.28. The summed E-state index contributed by atoms with van der Waals surface area (Å²) < 4.78 is 33.8. The van der Waals surface area contributed by atoms with Crippen molar-refractivity contribution in [2.45, 2.75) is 154 Å². The minimum Gasteiger partial charge on any atom is -0.756 e. The highest BCUT2D eigenvalue weighted by Gasteiger charge is 2.39. The molecule has 12 nitrogen and oxygen atoms in total. The van der Waals surface area contributed by atoms with Crippen molar-refractivity contribution in [3.05, 3.63) is 85.1 Å². The van der Waals surface area contributed by atoms with Gasteiger partial charge in [-0.25, -0.2) is 0 Å². The lowest BCUT2D eigenvalue weighted by Crippen LogP contribution is -2.37. The first kappa shape index (κ1) is 57.8. The zero-order valence-corrected chi connectivity index (χ0v) is 40.1. The zero-order valence-electron chi connectivity index (χ0n) is 39.2. The van der Waals surface area contributed by atoms with Crippen LogP contribution in [0.1, 0.15) is 136 Å². The van der Waals surface area contributed by atoms with Crippen LogP contribution >= 0.6 is 7.82 Å². The second-order valence-corrected chi connectivity index (χ2v) is 18.6. The van der Waals surface area contributed by atoms with E-state index in [9.17, 15) is 34.1 Å². The Morgan fingerprint density at radius 3 is 2.02 bits per heavy atom. The first-order valence-electron chi connectivity index (χ1n) is 23.4. The number of ketones is 1. The van der Waals surface area contributed by atoms with Crippen molar-refractivity contribution in [3.63, 3.8) is 0 Å². The van der Waals surface area contributed by atoms with Crippen LogP contribution in [0.5, 0.6) is 0 Å². The van der Waals surface area contributed by atoms with E-state index in [0.717, 1.165) is 70.6 Å². The van der Waals surface area contributed by atoms with Crippen molar-refractivity contribution >= 4 is 25.5 Å². The van der Waals surface area contributed by atoms with Gasteiger partial charge in [0.1, 0.15) is 25.5 Å². The minimum atomic E-state index is -4.72. The first-order chi connectivity index (χ1) is 30.2. The summed E-state index contributed by atoms with van der Waals surface area (Å²) in [6.45, 7) is 3.63. The van der Waals surface area contributed by atoms with Crippen LogP contribution < -0.4 is 4.89 Å². The molecule has 1 rings (SSSR count). The van der Waals surface area contributed by atoms with E-state index in [-0.39, 0.29) is 50.1 Å². The topological polar surface area (TPSA) is 169 Å². The molecule has 1 saturated carbocycles. The molecule has 0 aromatic rings. The largest absolute Gasteiger partial charge is 0.756 e. The van der Waals surface area contributed by atoms with E-state index in [1.807, 2.05) is 33.3 Å². The second kappa shape index (κ2) is 36.1. The van der Waals surface area contributed by atoms with Gasteiger partial charge in [-0.1, -0.05) is 125 Å². The monoisotopic (exact) mass is 904 g/mol. The van der Waals surface area contributed by atoms with Crippen molar-refractivity contribution < 1.29 is 57.1 Å². The highest BCUT2D eigenvalue weighted by Crippen LogP contribution is 2.38. The highest BCUT2D eigenvalue weighted by atomic mass is 31.2. The second-order valence-electron chi connectivity index (χ2n) is 17.2. The van der Waals surface area contributed by atoms with Crippen molar-refractivity contribution in [2.75, 3.05) is 47.5 Å². The molecule has 0 spiro atoms. The number of hydrogen-bond donors (Lipinski definition) is 2. The number of aliphatic hydroxyl groups is 2. The molecule has 0 aliphatic heterocycles. The average Bonchev–Trinajstić information content (AvgIpc) is 3.50. The Morgan fingerprint density at radius 2 is 1.38 bits per heavy atom. The van der Waals surface area contributed by atoms with Gasteiger partial charge in [0, 0.05) is 31.1 Å². The van der Waals surface area contributed by atoms with Gasteiger partial charge < -0.3 is 38.1 Å². The summed E-state index contributed by atoms with van der Waals surface area (Å²) in [6.07, 6.45) is 39.8. The summed E-state index contributed by atoms with van der Waals surface area (Å²) >= 11 is 0. The normalized spacial score (nSPS) is 19.6. The molecule has 2 N–H and O–H groups in total. The standard InChI is InChI=1S/C50H82NO11P/c1-6-8-10-11-12-13-14-15-16-17-18-19-20-21-22-23-24-25-30-34-49(55)59-41-44(42-61-63(57,58)60-39-38-51(3,4)5)62-50(56)35-31-27-26-29-33-45-46(48(54)40-47(45)53)37-36-43(52)32-28-9-7-2/h8,10,12-13,15-16,18-19,21-22,26,29,36-37,43-46,48,52,54H,6-7,9,11,14,17,20,23-25,27-28,30-35,38-42H2,1-5H3/b10-8-,13-12-,16-15-,19-18-,22-21-,29-26-,37-36+/t43-,44+,45+,46+,48+/m0/s1. The molecule has 0 bridgehead atoms. The molecule has 1 fully saturated rings. The number of unbranched alkanes of at least 4 members (excludes halogenated alkanes) is 6. The SMILES string of the molecule is CC/C=C\C/C=C\C/C=C\C/C=C\C/C=C\CCCCCC(=O)OC[C@H](COP(=O)([O-])OCC[N+](C)(C)C)OC(=O)CCC/C=C\C[C@H]1C(=O)C[C@@H](O)[C@@H]1/C=C/[C@@H](O)CCCCC. The molecular formula is C50H82NO11P. The lowest BCUT2D eigenvalue weighted by molar-refractivity contribution is -0.870. The number of ether oxygens (including phenoxy) is 2. The van der Waals surface area contributed by atoms with E-state index in [1.165, 1.54) is 0 Å². The Labute approximate surface area is 380 Å². The number of carbonyl (C=O) groups is 3. The van der Waals surface area contributed by atoms with Gasteiger partial charge in [-0.3, -0.25) is 18.9 Å². The van der Waals surface area contributed by atoms with Gasteiger partial charge in [-0.05, 0) is 77.0 Å². The maximum absolute atomic E-state index is 12.8. The van der Waals surface area contributed by atoms with Gasteiger partial charge in [-0.2, -0.15) is 0 Å². The van der Waals surface area contributed by atoms with Crippen LogP contribution in [0.2, 0.25) is 0 Å². The number of phosphoric ester groups is 1. The predicted octanol–water partition coefficient (Wildman–Crippen LogP) is 9.53. The number of carbonyl (C=O) groups excluding carboxylic acids is 3. The summed E-state index contributed by atoms with van der Waals surface area (Å²) in [5.74, 6) is -1.84. The van der Waals surface area contributed by atoms with Gasteiger partial charge in [0.15, 0.2) is 6.10 Å². The number of quaternary nitrogens is 1. The van der Waals surface area contributed by atoms with Crippen LogP contribution in [-0.4, -0.2) is 98.2 Å². The van der Waals surface area contributed by atoms with Gasteiger partial charge >= 0.3 is 11.9 Å². The maximum atomic E-state index is 12.8. The lowest BCUT2D eigenvalue weighted by atomic mass is 9.90. The van der Waals surface area contributed by atoms with E-state index in [2.05, 4.69) is 74.6 Å². The van der Waals surface area contributed by atoms with E-state index in [1.54, 1.807) is 12.2 Å². The molecule has 0 radical (unpaired) electrons. The first-order valence-corrected chi connectivity index (χ1v) is 24.9. The molecule has 0 aromatic heterocycles. The quantitative estimate of drug-likeness (QED) is 0.0200. The van der Waals surface area contributed by atoms with Crippen molar-refractivity contribution in [3.8, 4) is 0 Å². The number of rotatable bonds is 37. The summed E-state index contributed by atoms with van der Waals surface area (Å²) in [5.41, 5.74) is 0. The van der Waals surface area contributed by atoms with Crippen LogP contribution in [0.15, 0.2) is 85.1 Å². The molecular weight excluding hydrogens is 822 g/mol. The molecule has 6 atom stereocenters. The molecule has 1 aliphatic rings. The minimum absolute atomic E-state index is 0.0153. The summed E-state index contributed by atoms with van der Waals surface area (Å²) in [7, 11) is 0.965. The summed E-state index contributed by atoms with van der Waals surface area (Å²) in [5, 5.41) is 20.7. The molecule has 13 heteroatoms. The number of aliphatic hydroxyl groups excluding tert-OH is 2. The Balaban J connectivity index is 2.51. The van der Waals surface area contributed by atoms with Crippen LogP contribution in [0, 0.1) is 11.8 Å². The number of allylic oxidation sites excluding steroid dienone is 12.